The predicted octanol–water partition coefficient (Wildman–Crippen LogP) is 5.29. The Bertz CT molecular complexity index is 967. The number of nitrogens with one attached hydrogen (secondary N) is 2. The standard InChI is InChI=1S/C23H22N2O2S/c1-16-6-10-18(11-7-16)23(27)25-20-4-3-5-21(14-20)28-15-22(26)24-19-12-8-17(2)9-13-19/h3-14H,15H2,1-2H3,(H,24,26)(H,25,27). The number of anilines is 2. The van der Waals surface area contributed by atoms with Crippen molar-refractivity contribution in [3.8, 4) is 0 Å². The van der Waals surface area contributed by atoms with Crippen LogP contribution in [0.5, 0.6) is 0 Å². The lowest BCUT2D eigenvalue weighted by Crippen LogP contribution is -2.14. The van der Waals surface area contributed by atoms with Gasteiger partial charge in [-0.15, -0.1) is 11.8 Å². The summed E-state index contributed by atoms with van der Waals surface area (Å²) in [5, 5.41) is 5.78. The van der Waals surface area contributed by atoms with Gasteiger partial charge >= 0.3 is 0 Å². The number of carbonyl (C=O) groups excluding carboxylic acids is 2. The Morgan fingerprint density at radius 1 is 0.786 bits per heavy atom. The van der Waals surface area contributed by atoms with E-state index in [9.17, 15) is 9.59 Å². The maximum Gasteiger partial charge on any atom is 0.255 e. The molecule has 0 aromatic heterocycles. The van der Waals surface area contributed by atoms with Crippen molar-refractivity contribution in [2.24, 2.45) is 0 Å². The third-order valence-corrected chi connectivity index (χ3v) is 5.10. The highest BCUT2D eigenvalue weighted by atomic mass is 32.2. The van der Waals surface area contributed by atoms with E-state index in [0.717, 1.165) is 21.7 Å². The molecule has 3 aromatic rings. The molecule has 0 aliphatic heterocycles. The van der Waals surface area contributed by atoms with E-state index in [2.05, 4.69) is 10.6 Å². The summed E-state index contributed by atoms with van der Waals surface area (Å²) in [5.41, 5.74) is 4.36. The topological polar surface area (TPSA) is 58.2 Å². The molecule has 0 atom stereocenters. The van der Waals surface area contributed by atoms with Crippen LogP contribution >= 0.6 is 11.8 Å². The second-order valence-corrected chi connectivity index (χ2v) is 7.60. The minimum Gasteiger partial charge on any atom is -0.325 e. The summed E-state index contributed by atoms with van der Waals surface area (Å²) in [6.45, 7) is 3.99. The largest absolute Gasteiger partial charge is 0.325 e. The lowest BCUT2D eigenvalue weighted by Gasteiger charge is -2.08. The highest BCUT2D eigenvalue weighted by Gasteiger charge is 2.08. The summed E-state index contributed by atoms with van der Waals surface area (Å²) in [6.07, 6.45) is 0. The normalized spacial score (nSPS) is 10.4. The van der Waals surface area contributed by atoms with Gasteiger partial charge in [0.1, 0.15) is 0 Å². The highest BCUT2D eigenvalue weighted by Crippen LogP contribution is 2.22. The fourth-order valence-corrected chi connectivity index (χ4v) is 3.31. The first-order chi connectivity index (χ1) is 13.5. The lowest BCUT2D eigenvalue weighted by molar-refractivity contribution is -0.113. The first kappa shape index (κ1) is 19.7. The number of rotatable bonds is 6. The van der Waals surface area contributed by atoms with Crippen LogP contribution in [0.15, 0.2) is 77.7 Å². The molecule has 0 aliphatic carbocycles. The number of amides is 2. The molecule has 0 spiro atoms. The van der Waals surface area contributed by atoms with Crippen LogP contribution in [-0.2, 0) is 4.79 Å². The van der Waals surface area contributed by atoms with Gasteiger partial charge in [-0.2, -0.15) is 0 Å². The second kappa shape index (κ2) is 9.24. The maximum atomic E-state index is 12.3. The molecule has 4 nitrogen and oxygen atoms in total. The van der Waals surface area contributed by atoms with E-state index in [4.69, 9.17) is 0 Å². The summed E-state index contributed by atoms with van der Waals surface area (Å²) in [4.78, 5) is 25.4. The molecular weight excluding hydrogens is 368 g/mol. The molecule has 0 saturated heterocycles. The van der Waals surface area contributed by atoms with Gasteiger partial charge < -0.3 is 10.6 Å². The summed E-state index contributed by atoms with van der Waals surface area (Å²) in [6, 6.07) is 22.6. The number of aryl methyl sites for hydroxylation is 2. The van der Waals surface area contributed by atoms with Crippen LogP contribution in [0.2, 0.25) is 0 Å². The van der Waals surface area contributed by atoms with E-state index in [-0.39, 0.29) is 11.8 Å². The molecule has 2 amide bonds. The van der Waals surface area contributed by atoms with Gasteiger partial charge in [0.25, 0.3) is 5.91 Å². The van der Waals surface area contributed by atoms with Gasteiger partial charge in [0.15, 0.2) is 0 Å². The van der Waals surface area contributed by atoms with Crippen LogP contribution in [0.3, 0.4) is 0 Å². The molecule has 5 heteroatoms. The molecule has 3 aromatic carbocycles. The minimum absolute atomic E-state index is 0.0667. The number of hydrogen-bond donors (Lipinski definition) is 2. The number of thioether (sulfide) groups is 1. The zero-order valence-corrected chi connectivity index (χ0v) is 16.7. The van der Waals surface area contributed by atoms with E-state index in [1.54, 1.807) is 12.1 Å². The van der Waals surface area contributed by atoms with Crippen molar-refractivity contribution in [2.75, 3.05) is 16.4 Å². The van der Waals surface area contributed by atoms with Crippen LogP contribution < -0.4 is 10.6 Å². The van der Waals surface area contributed by atoms with Gasteiger partial charge in [-0.05, 0) is 56.3 Å². The Labute approximate surface area is 169 Å². The zero-order valence-electron chi connectivity index (χ0n) is 15.9. The van der Waals surface area contributed by atoms with Gasteiger partial charge in [0.2, 0.25) is 5.91 Å². The molecule has 0 unspecified atom stereocenters. The molecular formula is C23H22N2O2S. The fraction of sp³-hybridized carbons (Fsp3) is 0.130. The van der Waals surface area contributed by atoms with Crippen molar-refractivity contribution in [1.82, 2.24) is 0 Å². The quantitative estimate of drug-likeness (QED) is 0.563. The van der Waals surface area contributed by atoms with Gasteiger partial charge in [-0.1, -0.05) is 41.5 Å². The Hall–Kier alpha value is -3.05. The van der Waals surface area contributed by atoms with Crippen LogP contribution in [0.4, 0.5) is 11.4 Å². The Morgan fingerprint density at radius 3 is 2.11 bits per heavy atom. The van der Waals surface area contributed by atoms with Gasteiger partial charge in [-0.3, -0.25) is 9.59 Å². The van der Waals surface area contributed by atoms with E-state index in [0.29, 0.717) is 17.0 Å². The highest BCUT2D eigenvalue weighted by molar-refractivity contribution is 8.00. The van der Waals surface area contributed by atoms with E-state index < -0.39 is 0 Å². The van der Waals surface area contributed by atoms with Crippen LogP contribution in [0, 0.1) is 13.8 Å². The first-order valence-corrected chi connectivity index (χ1v) is 9.95. The number of benzene rings is 3. The molecule has 0 bridgehead atoms. The predicted molar refractivity (Wildman–Crippen MR) is 116 cm³/mol. The van der Waals surface area contributed by atoms with Crippen LogP contribution in [0.25, 0.3) is 0 Å². The Morgan fingerprint density at radius 2 is 1.43 bits per heavy atom. The van der Waals surface area contributed by atoms with Crippen LogP contribution in [-0.4, -0.2) is 17.6 Å². The summed E-state index contributed by atoms with van der Waals surface area (Å²) in [7, 11) is 0. The molecule has 28 heavy (non-hydrogen) atoms. The minimum atomic E-state index is -0.153. The first-order valence-electron chi connectivity index (χ1n) is 8.97. The maximum absolute atomic E-state index is 12.3. The molecule has 0 heterocycles. The second-order valence-electron chi connectivity index (χ2n) is 6.55. The number of hydrogen-bond acceptors (Lipinski definition) is 3. The van der Waals surface area contributed by atoms with Gasteiger partial charge in [-0.25, -0.2) is 0 Å². The summed E-state index contributed by atoms with van der Waals surface area (Å²) < 4.78 is 0. The van der Waals surface area contributed by atoms with Gasteiger partial charge in [0, 0.05) is 21.8 Å². The van der Waals surface area contributed by atoms with E-state index in [1.165, 1.54) is 11.8 Å². The average molecular weight is 391 g/mol. The van der Waals surface area contributed by atoms with Crippen molar-refractivity contribution in [1.29, 1.82) is 0 Å². The molecule has 3 rings (SSSR count). The third-order valence-electron chi connectivity index (χ3n) is 4.11. The Balaban J connectivity index is 1.55. The van der Waals surface area contributed by atoms with Crippen molar-refractivity contribution in [3.05, 3.63) is 89.5 Å². The SMILES string of the molecule is Cc1ccc(NC(=O)CSc2cccc(NC(=O)c3ccc(C)cc3)c2)cc1. The zero-order chi connectivity index (χ0) is 19.9. The third kappa shape index (κ3) is 5.72. The summed E-state index contributed by atoms with van der Waals surface area (Å²) >= 11 is 1.43. The van der Waals surface area contributed by atoms with E-state index in [1.807, 2.05) is 74.5 Å². The van der Waals surface area contributed by atoms with Crippen molar-refractivity contribution >= 4 is 35.0 Å². The number of carbonyl (C=O) groups is 2. The smallest absolute Gasteiger partial charge is 0.255 e. The molecule has 2 N–H and O–H groups in total. The lowest BCUT2D eigenvalue weighted by atomic mass is 10.1. The van der Waals surface area contributed by atoms with Gasteiger partial charge in [0.05, 0.1) is 5.75 Å². The van der Waals surface area contributed by atoms with Crippen molar-refractivity contribution in [2.45, 2.75) is 18.7 Å². The fourth-order valence-electron chi connectivity index (χ4n) is 2.55. The molecule has 0 radical (unpaired) electrons. The molecule has 0 fully saturated rings. The Kier molecular flexibility index (Phi) is 6.50. The van der Waals surface area contributed by atoms with Crippen molar-refractivity contribution in [3.63, 3.8) is 0 Å². The molecule has 142 valence electrons. The van der Waals surface area contributed by atoms with Crippen LogP contribution in [0.1, 0.15) is 21.5 Å². The average Bonchev–Trinajstić information content (AvgIpc) is 2.69. The van der Waals surface area contributed by atoms with Crippen molar-refractivity contribution < 1.29 is 9.59 Å². The molecule has 0 aliphatic rings. The monoisotopic (exact) mass is 390 g/mol. The molecule has 0 saturated carbocycles. The summed E-state index contributed by atoms with van der Waals surface area (Å²) in [5.74, 6) is 0.0747. The van der Waals surface area contributed by atoms with E-state index >= 15 is 0 Å².